The fourth-order valence-electron chi connectivity index (χ4n) is 3.43. The summed E-state index contributed by atoms with van der Waals surface area (Å²) in [7, 11) is 1.54. The monoisotopic (exact) mass is 442 g/mol. The first kappa shape index (κ1) is 22.3. The largest absolute Gasteiger partial charge is 0.496 e. The molecule has 0 bridgehead atoms. The van der Waals surface area contributed by atoms with E-state index >= 15 is 0 Å². The number of aryl methyl sites for hydroxylation is 3. The van der Waals surface area contributed by atoms with Crippen LogP contribution in [0.2, 0.25) is 5.02 Å². The number of aromatic nitrogens is 1. The normalized spacial score (nSPS) is 11.7. The minimum atomic E-state index is -0.354. The van der Waals surface area contributed by atoms with E-state index in [9.17, 15) is 4.79 Å². The summed E-state index contributed by atoms with van der Waals surface area (Å²) in [6, 6.07) is 11.5. The van der Waals surface area contributed by atoms with Crippen LogP contribution in [0, 0.1) is 13.8 Å². The van der Waals surface area contributed by atoms with Crippen molar-refractivity contribution in [3.05, 3.63) is 67.8 Å². The lowest BCUT2D eigenvalue weighted by Crippen LogP contribution is -2.17. The highest BCUT2D eigenvalue weighted by molar-refractivity contribution is 7.09. The molecule has 3 aromatic rings. The van der Waals surface area contributed by atoms with Gasteiger partial charge in [0.25, 0.3) is 5.91 Å². The number of halogens is 1. The summed E-state index contributed by atoms with van der Waals surface area (Å²) < 4.78 is 7.47. The number of carbonyl (C=O) groups is 1. The fourth-order valence-corrected chi connectivity index (χ4v) is 4.92. The molecule has 6 heteroatoms. The molecule has 4 nitrogen and oxygen atoms in total. The zero-order valence-corrected chi connectivity index (χ0v) is 19.7. The number of carbonyl (C=O) groups excluding carboxylic acids is 1. The molecule has 0 unspecified atom stereocenters. The third kappa shape index (κ3) is 4.52. The Bertz CT molecular complexity index is 1140. The van der Waals surface area contributed by atoms with Gasteiger partial charge in [-0.1, -0.05) is 37.1 Å². The third-order valence-corrected chi connectivity index (χ3v) is 6.52. The van der Waals surface area contributed by atoms with Crippen LogP contribution in [-0.4, -0.2) is 17.6 Å². The highest BCUT2D eigenvalue weighted by atomic mass is 35.5. The molecule has 30 heavy (non-hydrogen) atoms. The van der Waals surface area contributed by atoms with Crippen molar-refractivity contribution >= 4 is 28.8 Å². The molecule has 0 N–H and O–H groups in total. The summed E-state index contributed by atoms with van der Waals surface area (Å²) in [4.78, 5) is 19.4. The Kier molecular flexibility index (Phi) is 7.16. The summed E-state index contributed by atoms with van der Waals surface area (Å²) in [5, 5.41) is 0.478. The lowest BCUT2D eigenvalue weighted by Gasteiger charge is -2.11. The highest BCUT2D eigenvalue weighted by Crippen LogP contribution is 2.29. The number of hydrogen-bond acceptors (Lipinski definition) is 3. The molecule has 0 spiro atoms. The molecule has 0 aliphatic heterocycles. The van der Waals surface area contributed by atoms with Crippen LogP contribution in [0.4, 0.5) is 0 Å². The van der Waals surface area contributed by atoms with Crippen LogP contribution in [0.5, 0.6) is 5.75 Å². The summed E-state index contributed by atoms with van der Waals surface area (Å²) >= 11 is 7.69. The number of amides is 1. The average molecular weight is 443 g/mol. The molecule has 2 aromatic carbocycles. The number of hydrogen-bond donors (Lipinski definition) is 0. The second-order valence-corrected chi connectivity index (χ2v) is 8.71. The van der Waals surface area contributed by atoms with Crippen molar-refractivity contribution in [2.75, 3.05) is 7.11 Å². The predicted octanol–water partition coefficient (Wildman–Crippen LogP) is 6.21. The van der Waals surface area contributed by atoms with Crippen LogP contribution in [0.15, 0.2) is 41.4 Å². The molecule has 0 aliphatic rings. The second kappa shape index (κ2) is 9.63. The first-order valence-electron chi connectivity index (χ1n) is 10.1. The summed E-state index contributed by atoms with van der Waals surface area (Å²) in [5.41, 5.74) is 5.20. The molecule has 0 aliphatic carbocycles. The van der Waals surface area contributed by atoms with Gasteiger partial charge in [-0.2, -0.15) is 4.99 Å². The standard InChI is InChI=1S/C24H27ClN2O2S/c1-6-8-21-22(17-10-9-15(3)16(4)13-17)27(7-2)24(30-21)26-23(28)19-14-18(25)11-12-20(19)29-5/h9-14H,6-8H2,1-5H3. The van der Waals surface area contributed by atoms with Gasteiger partial charge in [0.05, 0.1) is 18.4 Å². The van der Waals surface area contributed by atoms with Gasteiger partial charge in [-0.15, -0.1) is 11.3 Å². The number of methoxy groups -OCH3 is 1. The van der Waals surface area contributed by atoms with Crippen LogP contribution >= 0.6 is 22.9 Å². The van der Waals surface area contributed by atoms with E-state index in [4.69, 9.17) is 16.3 Å². The molecule has 1 aromatic heterocycles. The third-order valence-electron chi connectivity index (χ3n) is 5.14. The second-order valence-electron chi connectivity index (χ2n) is 7.21. The van der Waals surface area contributed by atoms with Crippen LogP contribution in [0.3, 0.4) is 0 Å². The van der Waals surface area contributed by atoms with Crippen molar-refractivity contribution in [1.82, 2.24) is 4.57 Å². The zero-order valence-electron chi connectivity index (χ0n) is 18.1. The minimum Gasteiger partial charge on any atom is -0.496 e. The maximum atomic E-state index is 13.0. The van der Waals surface area contributed by atoms with Crippen molar-refractivity contribution in [1.29, 1.82) is 0 Å². The van der Waals surface area contributed by atoms with E-state index in [-0.39, 0.29) is 5.91 Å². The number of benzene rings is 2. The zero-order chi connectivity index (χ0) is 21.8. The quantitative estimate of drug-likeness (QED) is 0.455. The molecule has 0 saturated carbocycles. The van der Waals surface area contributed by atoms with Crippen LogP contribution < -0.4 is 9.54 Å². The molecule has 1 heterocycles. The number of ether oxygens (including phenoxy) is 1. The summed E-state index contributed by atoms with van der Waals surface area (Å²) in [6.07, 6.45) is 1.97. The molecule has 1 amide bonds. The predicted molar refractivity (Wildman–Crippen MR) is 125 cm³/mol. The Morgan fingerprint density at radius 2 is 1.90 bits per heavy atom. The summed E-state index contributed by atoms with van der Waals surface area (Å²) in [5.74, 6) is 0.114. The van der Waals surface area contributed by atoms with E-state index in [0.717, 1.165) is 30.6 Å². The van der Waals surface area contributed by atoms with Crippen molar-refractivity contribution in [3.8, 4) is 17.0 Å². The first-order chi connectivity index (χ1) is 14.4. The van der Waals surface area contributed by atoms with E-state index in [1.165, 1.54) is 23.1 Å². The molecule has 0 fully saturated rings. The molecular formula is C24H27ClN2O2S. The highest BCUT2D eigenvalue weighted by Gasteiger charge is 2.17. The Balaban J connectivity index is 2.19. The number of nitrogens with zero attached hydrogens (tertiary/aromatic N) is 2. The lowest BCUT2D eigenvalue weighted by atomic mass is 10.0. The van der Waals surface area contributed by atoms with Gasteiger partial charge >= 0.3 is 0 Å². The topological polar surface area (TPSA) is 43.6 Å². The number of rotatable bonds is 6. The van der Waals surface area contributed by atoms with Crippen molar-refractivity contribution in [2.45, 2.75) is 47.1 Å². The van der Waals surface area contributed by atoms with Gasteiger partial charge in [0.2, 0.25) is 0 Å². The van der Waals surface area contributed by atoms with Crippen LogP contribution in [0.1, 0.15) is 46.6 Å². The SMILES string of the molecule is CCCc1sc(=NC(=O)c2cc(Cl)ccc2OC)n(CC)c1-c1ccc(C)c(C)c1. The van der Waals surface area contributed by atoms with Crippen LogP contribution in [0.25, 0.3) is 11.3 Å². The van der Waals surface area contributed by atoms with Gasteiger partial charge in [0.1, 0.15) is 5.75 Å². The van der Waals surface area contributed by atoms with E-state index in [1.54, 1.807) is 29.5 Å². The average Bonchev–Trinajstić information content (AvgIpc) is 3.07. The van der Waals surface area contributed by atoms with E-state index < -0.39 is 0 Å². The Morgan fingerprint density at radius 1 is 1.13 bits per heavy atom. The van der Waals surface area contributed by atoms with E-state index in [2.05, 4.69) is 55.5 Å². The maximum Gasteiger partial charge on any atom is 0.283 e. The molecule has 158 valence electrons. The Labute approximate surface area is 186 Å². The van der Waals surface area contributed by atoms with Gasteiger partial charge in [-0.05, 0) is 68.1 Å². The van der Waals surface area contributed by atoms with Gasteiger partial charge < -0.3 is 9.30 Å². The molecule has 0 saturated heterocycles. The van der Waals surface area contributed by atoms with Crippen LogP contribution in [-0.2, 0) is 13.0 Å². The summed E-state index contributed by atoms with van der Waals surface area (Å²) in [6.45, 7) is 9.21. The Morgan fingerprint density at radius 3 is 2.53 bits per heavy atom. The Hall–Kier alpha value is -2.37. The molecule has 0 atom stereocenters. The van der Waals surface area contributed by atoms with Crippen molar-refractivity contribution in [3.63, 3.8) is 0 Å². The maximum absolute atomic E-state index is 13.0. The van der Waals surface area contributed by atoms with E-state index in [1.807, 2.05) is 0 Å². The first-order valence-corrected chi connectivity index (χ1v) is 11.3. The molecule has 3 rings (SSSR count). The van der Waals surface area contributed by atoms with Crippen molar-refractivity contribution < 1.29 is 9.53 Å². The number of thiazole rings is 1. The van der Waals surface area contributed by atoms with Gasteiger partial charge in [-0.25, -0.2) is 0 Å². The smallest absolute Gasteiger partial charge is 0.283 e. The van der Waals surface area contributed by atoms with Crippen molar-refractivity contribution in [2.24, 2.45) is 4.99 Å². The lowest BCUT2D eigenvalue weighted by molar-refractivity contribution is 0.0995. The molecular weight excluding hydrogens is 416 g/mol. The fraction of sp³-hybridized carbons (Fsp3) is 0.333. The van der Waals surface area contributed by atoms with Gasteiger partial charge in [0.15, 0.2) is 4.80 Å². The van der Waals surface area contributed by atoms with Gasteiger partial charge in [0, 0.05) is 16.4 Å². The van der Waals surface area contributed by atoms with Gasteiger partial charge in [-0.3, -0.25) is 4.79 Å². The minimum absolute atomic E-state index is 0.354. The molecule has 0 radical (unpaired) electrons. The van der Waals surface area contributed by atoms with E-state index in [0.29, 0.717) is 21.1 Å².